The van der Waals surface area contributed by atoms with Crippen molar-refractivity contribution in [2.24, 2.45) is 0 Å². The molecule has 0 aliphatic rings. The Bertz CT molecular complexity index is 572. The number of hydrogen-bond donors (Lipinski definition) is 1. The standard InChI is InChI=1S/C15H16ClFN2/c1-19(9-11-3-2-4-13(17)7-11)10-12-5-6-15(18)14(16)8-12/h2-8H,9-10,18H2,1H3. The summed E-state index contributed by atoms with van der Waals surface area (Å²) < 4.78 is 13.1. The zero-order valence-electron chi connectivity index (χ0n) is 10.7. The van der Waals surface area contributed by atoms with Crippen molar-refractivity contribution in [2.45, 2.75) is 13.1 Å². The van der Waals surface area contributed by atoms with Crippen molar-refractivity contribution in [2.75, 3.05) is 12.8 Å². The Labute approximate surface area is 117 Å². The molecule has 2 aromatic carbocycles. The van der Waals surface area contributed by atoms with Crippen LogP contribution in [-0.2, 0) is 13.1 Å². The number of rotatable bonds is 4. The average Bonchev–Trinajstić information content (AvgIpc) is 2.34. The van der Waals surface area contributed by atoms with Crippen molar-refractivity contribution in [3.8, 4) is 0 Å². The molecule has 0 saturated heterocycles. The first-order chi connectivity index (χ1) is 9.04. The van der Waals surface area contributed by atoms with Crippen LogP contribution in [0.5, 0.6) is 0 Å². The number of nitrogen functional groups attached to an aromatic ring is 1. The molecule has 0 aromatic heterocycles. The molecule has 0 fully saturated rings. The fraction of sp³-hybridized carbons (Fsp3) is 0.200. The van der Waals surface area contributed by atoms with Gasteiger partial charge in [-0.3, -0.25) is 4.90 Å². The lowest BCUT2D eigenvalue weighted by Gasteiger charge is -2.17. The monoisotopic (exact) mass is 278 g/mol. The zero-order chi connectivity index (χ0) is 13.8. The number of anilines is 1. The SMILES string of the molecule is CN(Cc1cccc(F)c1)Cc1ccc(N)c(Cl)c1. The van der Waals surface area contributed by atoms with Crippen LogP contribution in [0.25, 0.3) is 0 Å². The van der Waals surface area contributed by atoms with Gasteiger partial charge in [0.1, 0.15) is 5.82 Å². The molecule has 2 N–H and O–H groups in total. The second-order valence-corrected chi connectivity index (χ2v) is 5.07. The molecule has 0 saturated carbocycles. The lowest BCUT2D eigenvalue weighted by molar-refractivity contribution is 0.318. The third-order valence-corrected chi connectivity index (χ3v) is 3.19. The van der Waals surface area contributed by atoms with Crippen molar-refractivity contribution in [3.05, 3.63) is 64.4 Å². The Morgan fingerprint density at radius 1 is 1.11 bits per heavy atom. The van der Waals surface area contributed by atoms with Crippen LogP contribution in [0.15, 0.2) is 42.5 Å². The number of nitrogens with two attached hydrogens (primary N) is 1. The van der Waals surface area contributed by atoms with Crippen LogP contribution in [0.4, 0.5) is 10.1 Å². The molecule has 0 unspecified atom stereocenters. The molecule has 0 heterocycles. The topological polar surface area (TPSA) is 29.3 Å². The summed E-state index contributed by atoms with van der Waals surface area (Å²) >= 11 is 5.99. The van der Waals surface area contributed by atoms with Crippen molar-refractivity contribution < 1.29 is 4.39 Å². The molecular weight excluding hydrogens is 263 g/mol. The minimum absolute atomic E-state index is 0.207. The van der Waals surface area contributed by atoms with E-state index in [0.29, 0.717) is 17.3 Å². The molecule has 2 nitrogen and oxygen atoms in total. The quantitative estimate of drug-likeness (QED) is 0.864. The largest absolute Gasteiger partial charge is 0.398 e. The van der Waals surface area contributed by atoms with E-state index < -0.39 is 0 Å². The Balaban J connectivity index is 2.01. The van der Waals surface area contributed by atoms with Gasteiger partial charge in [-0.25, -0.2) is 4.39 Å². The Kier molecular flexibility index (Phi) is 4.40. The predicted molar refractivity (Wildman–Crippen MR) is 77.4 cm³/mol. The second-order valence-electron chi connectivity index (χ2n) is 4.66. The van der Waals surface area contributed by atoms with E-state index >= 15 is 0 Å². The van der Waals surface area contributed by atoms with Crippen LogP contribution in [0.2, 0.25) is 5.02 Å². The van der Waals surface area contributed by atoms with Gasteiger partial charge in [0.15, 0.2) is 0 Å². The maximum Gasteiger partial charge on any atom is 0.123 e. The van der Waals surface area contributed by atoms with E-state index in [4.69, 9.17) is 17.3 Å². The van der Waals surface area contributed by atoms with Gasteiger partial charge in [-0.05, 0) is 42.4 Å². The molecule has 0 aliphatic heterocycles. The van der Waals surface area contributed by atoms with Gasteiger partial charge in [-0.15, -0.1) is 0 Å². The van der Waals surface area contributed by atoms with Crippen molar-refractivity contribution in [3.63, 3.8) is 0 Å². The smallest absolute Gasteiger partial charge is 0.123 e. The molecule has 4 heteroatoms. The number of benzene rings is 2. The first-order valence-corrected chi connectivity index (χ1v) is 6.39. The van der Waals surface area contributed by atoms with Crippen LogP contribution < -0.4 is 5.73 Å². The van der Waals surface area contributed by atoms with E-state index in [0.717, 1.165) is 17.7 Å². The first-order valence-electron chi connectivity index (χ1n) is 6.01. The third-order valence-electron chi connectivity index (χ3n) is 2.86. The molecule has 19 heavy (non-hydrogen) atoms. The zero-order valence-corrected chi connectivity index (χ0v) is 11.5. The average molecular weight is 279 g/mol. The summed E-state index contributed by atoms with van der Waals surface area (Å²) in [6, 6.07) is 12.2. The summed E-state index contributed by atoms with van der Waals surface area (Å²) in [4.78, 5) is 2.09. The number of hydrogen-bond acceptors (Lipinski definition) is 2. The third kappa shape index (κ3) is 3.94. The van der Waals surface area contributed by atoms with Crippen LogP contribution in [0.3, 0.4) is 0 Å². The summed E-state index contributed by atoms with van der Waals surface area (Å²) in [7, 11) is 1.98. The fourth-order valence-electron chi connectivity index (χ4n) is 1.98. The summed E-state index contributed by atoms with van der Waals surface area (Å²) in [5.41, 5.74) is 8.28. The van der Waals surface area contributed by atoms with E-state index in [-0.39, 0.29) is 5.82 Å². The molecule has 2 rings (SSSR count). The van der Waals surface area contributed by atoms with E-state index in [1.807, 2.05) is 25.2 Å². The molecule has 0 bridgehead atoms. The second kappa shape index (κ2) is 6.04. The van der Waals surface area contributed by atoms with Crippen LogP contribution in [0, 0.1) is 5.82 Å². The molecule has 0 atom stereocenters. The van der Waals surface area contributed by atoms with E-state index in [2.05, 4.69) is 4.90 Å². The van der Waals surface area contributed by atoms with Gasteiger partial charge >= 0.3 is 0 Å². The first kappa shape index (κ1) is 13.8. The van der Waals surface area contributed by atoms with Gasteiger partial charge in [-0.2, -0.15) is 0 Å². The maximum atomic E-state index is 13.1. The Morgan fingerprint density at radius 3 is 2.42 bits per heavy atom. The van der Waals surface area contributed by atoms with Gasteiger partial charge in [0.05, 0.1) is 10.7 Å². The molecule has 2 aromatic rings. The number of nitrogens with zero attached hydrogens (tertiary/aromatic N) is 1. The highest BCUT2D eigenvalue weighted by Crippen LogP contribution is 2.20. The molecule has 100 valence electrons. The summed E-state index contributed by atoms with van der Waals surface area (Å²) in [6.45, 7) is 1.41. The minimum Gasteiger partial charge on any atom is -0.398 e. The van der Waals surface area contributed by atoms with Gasteiger partial charge in [0.2, 0.25) is 0 Å². The van der Waals surface area contributed by atoms with E-state index in [1.165, 1.54) is 6.07 Å². The summed E-state index contributed by atoms with van der Waals surface area (Å²) in [6.07, 6.45) is 0. The van der Waals surface area contributed by atoms with Crippen molar-refractivity contribution in [1.29, 1.82) is 0 Å². The highest BCUT2D eigenvalue weighted by atomic mass is 35.5. The van der Waals surface area contributed by atoms with Crippen LogP contribution in [0.1, 0.15) is 11.1 Å². The lowest BCUT2D eigenvalue weighted by Crippen LogP contribution is -2.17. The minimum atomic E-state index is -0.207. The predicted octanol–water partition coefficient (Wildman–Crippen LogP) is 3.69. The van der Waals surface area contributed by atoms with Gasteiger partial charge < -0.3 is 5.73 Å². The molecule has 0 amide bonds. The van der Waals surface area contributed by atoms with Crippen molar-refractivity contribution >= 4 is 17.3 Å². The highest BCUT2D eigenvalue weighted by molar-refractivity contribution is 6.33. The Hall–Kier alpha value is -1.58. The molecule has 0 aliphatic carbocycles. The van der Waals surface area contributed by atoms with E-state index in [1.54, 1.807) is 18.2 Å². The maximum absolute atomic E-state index is 13.1. The van der Waals surface area contributed by atoms with Gasteiger partial charge in [-0.1, -0.05) is 29.8 Å². The highest BCUT2D eigenvalue weighted by Gasteiger charge is 2.04. The molecule has 0 spiro atoms. The summed E-state index contributed by atoms with van der Waals surface area (Å²) in [5, 5.41) is 0.566. The normalized spacial score (nSPS) is 10.9. The fourth-order valence-corrected chi connectivity index (χ4v) is 2.19. The summed E-state index contributed by atoms with van der Waals surface area (Å²) in [5.74, 6) is -0.207. The number of halogens is 2. The Morgan fingerprint density at radius 2 is 1.79 bits per heavy atom. The molecular formula is C15H16ClFN2. The lowest BCUT2D eigenvalue weighted by atomic mass is 10.1. The van der Waals surface area contributed by atoms with E-state index in [9.17, 15) is 4.39 Å². The van der Waals surface area contributed by atoms with Gasteiger partial charge in [0.25, 0.3) is 0 Å². The van der Waals surface area contributed by atoms with Crippen LogP contribution in [-0.4, -0.2) is 11.9 Å². The van der Waals surface area contributed by atoms with Crippen LogP contribution >= 0.6 is 11.6 Å². The van der Waals surface area contributed by atoms with Gasteiger partial charge in [0, 0.05) is 13.1 Å². The molecule has 0 radical (unpaired) electrons. The van der Waals surface area contributed by atoms with Crippen molar-refractivity contribution in [1.82, 2.24) is 4.90 Å².